The summed E-state index contributed by atoms with van der Waals surface area (Å²) in [5, 5.41) is 2.59. The molecule has 0 bridgehead atoms. The zero-order chi connectivity index (χ0) is 27.4. The van der Waals surface area contributed by atoms with E-state index in [4.69, 9.17) is 21.1 Å². The van der Waals surface area contributed by atoms with E-state index in [2.05, 4.69) is 5.32 Å². The summed E-state index contributed by atoms with van der Waals surface area (Å²) in [5.41, 5.74) is 2.11. The summed E-state index contributed by atoms with van der Waals surface area (Å²) in [7, 11) is 0. The number of hydrogen-bond acceptors (Lipinski definition) is 7. The van der Waals surface area contributed by atoms with Gasteiger partial charge in [0.15, 0.2) is 0 Å². The molecule has 0 radical (unpaired) electrons. The minimum Gasteiger partial charge on any atom is -0.459 e. The van der Waals surface area contributed by atoms with Gasteiger partial charge in [-0.25, -0.2) is 14.5 Å². The Hall–Kier alpha value is -4.43. The summed E-state index contributed by atoms with van der Waals surface area (Å²) < 4.78 is 10.7. The third-order valence-electron chi connectivity index (χ3n) is 5.68. The van der Waals surface area contributed by atoms with Crippen molar-refractivity contribution in [1.29, 1.82) is 0 Å². The molecule has 0 atom stereocenters. The summed E-state index contributed by atoms with van der Waals surface area (Å²) in [6.45, 7) is 5.45. The maximum Gasteiger partial charge on any atom is 0.343 e. The van der Waals surface area contributed by atoms with Crippen LogP contribution in [0.1, 0.15) is 47.1 Å². The van der Waals surface area contributed by atoms with Crippen LogP contribution < -0.4 is 15.0 Å². The number of rotatable bonds is 8. The lowest BCUT2D eigenvalue weighted by atomic mass is 10.1. The van der Waals surface area contributed by atoms with Crippen LogP contribution in [0.4, 0.5) is 11.4 Å². The van der Waals surface area contributed by atoms with Crippen LogP contribution in [0.2, 0.25) is 0 Å². The fraction of sp³-hybridized carbons (Fsp3) is 0.172. The van der Waals surface area contributed by atoms with Gasteiger partial charge in [-0.05, 0) is 80.4 Å². The summed E-state index contributed by atoms with van der Waals surface area (Å²) in [4.78, 5) is 51.4. The number of aryl methyl sites for hydroxylation is 1. The number of imide groups is 1. The van der Waals surface area contributed by atoms with Gasteiger partial charge in [-0.3, -0.25) is 9.59 Å². The molecule has 9 heteroatoms. The number of halogens is 1. The molecule has 0 fully saturated rings. The molecule has 4 rings (SSSR count). The number of carbonyl (C=O) groups is 4. The van der Waals surface area contributed by atoms with Crippen molar-refractivity contribution in [3.05, 3.63) is 100 Å². The highest BCUT2D eigenvalue weighted by molar-refractivity contribution is 6.53. The third kappa shape index (κ3) is 5.60. The van der Waals surface area contributed by atoms with Crippen LogP contribution in [0.3, 0.4) is 0 Å². The monoisotopic (exact) mass is 532 g/mol. The highest BCUT2D eigenvalue weighted by Crippen LogP contribution is 2.30. The number of nitrogens with zero attached hydrogens (tertiary/aromatic N) is 1. The van der Waals surface area contributed by atoms with Gasteiger partial charge in [0.25, 0.3) is 11.8 Å². The van der Waals surface area contributed by atoms with E-state index in [-0.39, 0.29) is 28.1 Å². The van der Waals surface area contributed by atoms with Crippen LogP contribution in [-0.4, -0.2) is 29.9 Å². The van der Waals surface area contributed by atoms with Crippen molar-refractivity contribution in [2.24, 2.45) is 0 Å². The largest absolute Gasteiger partial charge is 0.459 e. The second kappa shape index (κ2) is 11.3. The van der Waals surface area contributed by atoms with E-state index in [1.165, 1.54) is 24.3 Å². The highest BCUT2D eigenvalue weighted by atomic mass is 35.5. The number of carbonyl (C=O) groups excluding carboxylic acids is 4. The third-order valence-corrected chi connectivity index (χ3v) is 6.03. The first kappa shape index (κ1) is 26.6. The summed E-state index contributed by atoms with van der Waals surface area (Å²) in [6, 6.07) is 19.4. The van der Waals surface area contributed by atoms with E-state index in [0.717, 1.165) is 16.9 Å². The molecule has 0 aliphatic carbocycles. The van der Waals surface area contributed by atoms with Gasteiger partial charge in [-0.15, -0.1) is 0 Å². The van der Waals surface area contributed by atoms with Crippen molar-refractivity contribution in [3.63, 3.8) is 0 Å². The molecule has 3 aromatic carbocycles. The number of anilines is 2. The maximum atomic E-state index is 13.1. The number of amides is 2. The van der Waals surface area contributed by atoms with Gasteiger partial charge in [-0.1, -0.05) is 36.7 Å². The minimum atomic E-state index is -0.702. The molecule has 0 spiro atoms. The van der Waals surface area contributed by atoms with E-state index >= 15 is 0 Å². The molecule has 0 saturated heterocycles. The lowest BCUT2D eigenvalue weighted by Crippen LogP contribution is -2.32. The van der Waals surface area contributed by atoms with E-state index in [1.807, 2.05) is 19.1 Å². The molecule has 38 heavy (non-hydrogen) atoms. The predicted molar refractivity (Wildman–Crippen MR) is 143 cm³/mol. The summed E-state index contributed by atoms with van der Waals surface area (Å²) in [5.74, 6) is -1.89. The van der Waals surface area contributed by atoms with Crippen LogP contribution in [0, 0.1) is 0 Å². The Bertz CT molecular complexity index is 1430. The number of nitrogens with one attached hydrogen (secondary N) is 1. The molecule has 0 saturated carbocycles. The Balaban J connectivity index is 1.45. The second-order valence-electron chi connectivity index (χ2n) is 8.69. The molecule has 0 unspecified atom stereocenters. The molecule has 2 amide bonds. The molecule has 1 aliphatic rings. The smallest absolute Gasteiger partial charge is 0.343 e. The van der Waals surface area contributed by atoms with Crippen LogP contribution in [0.5, 0.6) is 5.75 Å². The normalized spacial score (nSPS) is 13.2. The van der Waals surface area contributed by atoms with Gasteiger partial charge in [-0.2, -0.15) is 0 Å². The first-order chi connectivity index (χ1) is 18.2. The molecular weight excluding hydrogens is 508 g/mol. The SMILES string of the molecule is CCc1ccccc1OC(=O)c1ccc(NC2=C(Cl)C(=O)N(c3ccc(C(=O)OC(C)C)cc3)C2=O)cc1. The van der Waals surface area contributed by atoms with E-state index in [0.29, 0.717) is 17.0 Å². The maximum absolute atomic E-state index is 13.1. The molecule has 8 nitrogen and oxygen atoms in total. The lowest BCUT2D eigenvalue weighted by molar-refractivity contribution is -0.120. The van der Waals surface area contributed by atoms with Gasteiger partial charge in [0.2, 0.25) is 0 Å². The first-order valence-electron chi connectivity index (χ1n) is 12.0. The quantitative estimate of drug-likeness (QED) is 0.233. The Morgan fingerprint density at radius 2 is 1.47 bits per heavy atom. The number of para-hydroxylation sites is 1. The van der Waals surface area contributed by atoms with Crippen molar-refractivity contribution in [1.82, 2.24) is 0 Å². The zero-order valence-corrected chi connectivity index (χ0v) is 21.7. The fourth-order valence-electron chi connectivity index (χ4n) is 3.76. The van der Waals surface area contributed by atoms with E-state index in [9.17, 15) is 19.2 Å². The van der Waals surface area contributed by atoms with Crippen LogP contribution >= 0.6 is 11.6 Å². The Kier molecular flexibility index (Phi) is 7.93. The van der Waals surface area contributed by atoms with Crippen molar-refractivity contribution in [2.75, 3.05) is 10.2 Å². The van der Waals surface area contributed by atoms with Crippen molar-refractivity contribution in [2.45, 2.75) is 33.3 Å². The number of esters is 2. The van der Waals surface area contributed by atoms with Gasteiger partial charge < -0.3 is 14.8 Å². The van der Waals surface area contributed by atoms with Crippen molar-refractivity contribution >= 4 is 46.7 Å². The van der Waals surface area contributed by atoms with Gasteiger partial charge in [0.05, 0.1) is 22.9 Å². The summed E-state index contributed by atoms with van der Waals surface area (Å²) >= 11 is 6.21. The average Bonchev–Trinajstić information content (AvgIpc) is 3.12. The standard InChI is InChI=1S/C29H25ClN2O6/c1-4-18-7-5-6-8-23(18)38-29(36)19-9-13-21(14-10-19)31-25-24(30)26(33)32(27(25)34)22-15-11-20(12-16-22)28(35)37-17(2)3/h5-17,31H,4H2,1-3H3. The lowest BCUT2D eigenvalue weighted by Gasteiger charge is -2.16. The highest BCUT2D eigenvalue weighted by Gasteiger charge is 2.39. The predicted octanol–water partition coefficient (Wildman–Crippen LogP) is 5.47. The number of ether oxygens (including phenoxy) is 2. The number of hydrogen-bond donors (Lipinski definition) is 1. The minimum absolute atomic E-state index is 0.104. The van der Waals surface area contributed by atoms with Gasteiger partial charge in [0.1, 0.15) is 16.5 Å². The molecule has 194 valence electrons. The Morgan fingerprint density at radius 1 is 0.868 bits per heavy atom. The molecule has 1 heterocycles. The average molecular weight is 533 g/mol. The van der Waals surface area contributed by atoms with Gasteiger partial charge >= 0.3 is 11.9 Å². The second-order valence-corrected chi connectivity index (χ2v) is 9.07. The Morgan fingerprint density at radius 3 is 2.11 bits per heavy atom. The van der Waals surface area contributed by atoms with E-state index < -0.39 is 23.8 Å². The van der Waals surface area contributed by atoms with Crippen LogP contribution in [-0.2, 0) is 20.7 Å². The first-order valence-corrected chi connectivity index (χ1v) is 12.3. The topological polar surface area (TPSA) is 102 Å². The molecular formula is C29H25ClN2O6. The molecule has 1 N–H and O–H groups in total. The van der Waals surface area contributed by atoms with Gasteiger partial charge in [0, 0.05) is 5.69 Å². The Labute approximate surface area is 224 Å². The molecule has 3 aromatic rings. The zero-order valence-electron chi connectivity index (χ0n) is 21.0. The summed E-state index contributed by atoms with van der Waals surface area (Å²) in [6.07, 6.45) is 0.443. The fourth-order valence-corrected chi connectivity index (χ4v) is 3.98. The number of benzene rings is 3. The van der Waals surface area contributed by atoms with Crippen LogP contribution in [0.15, 0.2) is 83.5 Å². The van der Waals surface area contributed by atoms with E-state index in [1.54, 1.807) is 50.2 Å². The van der Waals surface area contributed by atoms with Crippen molar-refractivity contribution < 1.29 is 28.7 Å². The van der Waals surface area contributed by atoms with Crippen LogP contribution in [0.25, 0.3) is 0 Å². The molecule has 1 aliphatic heterocycles. The molecule has 0 aromatic heterocycles. The van der Waals surface area contributed by atoms with Crippen molar-refractivity contribution in [3.8, 4) is 5.75 Å².